The van der Waals surface area contributed by atoms with E-state index in [2.05, 4.69) is 27.6 Å². The van der Waals surface area contributed by atoms with E-state index in [1.54, 1.807) is 17.6 Å². The topological polar surface area (TPSA) is 62.5 Å². The first-order valence-electron chi connectivity index (χ1n) is 11.2. The average Bonchev–Trinajstić information content (AvgIpc) is 3.36. The van der Waals surface area contributed by atoms with Crippen LogP contribution < -0.4 is 15.9 Å². The first-order valence-corrected chi connectivity index (χ1v) is 12.1. The number of nitrogens with one attached hydrogen (secondary N) is 1. The number of aryl methyl sites for hydroxylation is 2. The van der Waals surface area contributed by atoms with Gasteiger partial charge in [0.05, 0.1) is 11.6 Å². The monoisotopic (exact) mass is 435 g/mol. The van der Waals surface area contributed by atoms with Crippen LogP contribution in [-0.2, 0) is 12.8 Å². The van der Waals surface area contributed by atoms with Crippen LogP contribution in [0.1, 0.15) is 60.6 Å². The lowest BCUT2D eigenvalue weighted by atomic mass is 9.95. The van der Waals surface area contributed by atoms with Crippen LogP contribution in [0.15, 0.2) is 34.2 Å². The van der Waals surface area contributed by atoms with E-state index in [0.29, 0.717) is 5.95 Å². The summed E-state index contributed by atoms with van der Waals surface area (Å²) >= 11 is 1.68. The Hall–Kier alpha value is -2.67. The molecule has 6 nitrogen and oxygen atoms in total. The number of anilines is 2. The second kappa shape index (κ2) is 8.46. The summed E-state index contributed by atoms with van der Waals surface area (Å²) in [5, 5.41) is 5.31. The van der Waals surface area contributed by atoms with Gasteiger partial charge in [0.2, 0.25) is 5.95 Å². The molecule has 1 saturated carbocycles. The second-order valence-corrected chi connectivity index (χ2v) is 9.88. The summed E-state index contributed by atoms with van der Waals surface area (Å²) in [6.45, 7) is 0. The predicted molar refractivity (Wildman–Crippen MR) is 130 cm³/mol. The van der Waals surface area contributed by atoms with Crippen LogP contribution in [-0.4, -0.2) is 29.9 Å². The van der Waals surface area contributed by atoms with Gasteiger partial charge in [-0.3, -0.25) is 9.36 Å². The van der Waals surface area contributed by atoms with Gasteiger partial charge in [0.15, 0.2) is 0 Å². The summed E-state index contributed by atoms with van der Waals surface area (Å²) in [5.74, 6) is 0.575. The Bertz CT molecular complexity index is 1170. The molecule has 0 radical (unpaired) electrons. The molecular weight excluding hydrogens is 406 g/mol. The number of thiophene rings is 1. The summed E-state index contributed by atoms with van der Waals surface area (Å²) in [7, 11) is 4.05. The van der Waals surface area contributed by atoms with E-state index in [0.717, 1.165) is 66.4 Å². The van der Waals surface area contributed by atoms with Crippen molar-refractivity contribution in [3.05, 3.63) is 50.6 Å². The van der Waals surface area contributed by atoms with Crippen molar-refractivity contribution in [1.29, 1.82) is 0 Å². The molecule has 31 heavy (non-hydrogen) atoms. The molecule has 0 atom stereocenters. The maximum absolute atomic E-state index is 13.6. The zero-order chi connectivity index (χ0) is 21.4. The standard InChI is InChI=1S/C24H29N5OS/c1-28(2)17-13-11-16(12-14-17)15-25-27-24-26-22-21(19-9-6-10-20(19)31-22)23(30)29(24)18-7-4-3-5-8-18/h11-15,18H,3-10H2,1-2H3,(H,26,27)/b25-15-. The van der Waals surface area contributed by atoms with Crippen LogP contribution >= 0.6 is 11.3 Å². The van der Waals surface area contributed by atoms with E-state index in [1.807, 2.05) is 30.8 Å². The van der Waals surface area contributed by atoms with Crippen LogP contribution in [0.3, 0.4) is 0 Å². The lowest BCUT2D eigenvalue weighted by Gasteiger charge is -2.25. The number of nitrogens with zero attached hydrogens (tertiary/aromatic N) is 4. The Balaban J connectivity index is 1.50. The third-order valence-electron chi connectivity index (χ3n) is 6.50. The molecule has 1 aromatic carbocycles. The van der Waals surface area contributed by atoms with E-state index >= 15 is 0 Å². The number of rotatable bonds is 5. The van der Waals surface area contributed by atoms with E-state index in [-0.39, 0.29) is 11.6 Å². The van der Waals surface area contributed by atoms with Gasteiger partial charge >= 0.3 is 0 Å². The number of hydrogen-bond donors (Lipinski definition) is 1. The maximum atomic E-state index is 13.6. The molecule has 2 heterocycles. The molecule has 2 aliphatic rings. The molecule has 0 unspecified atom stereocenters. The normalized spacial score (nSPS) is 16.8. The molecule has 0 aliphatic heterocycles. The van der Waals surface area contributed by atoms with Crippen molar-refractivity contribution in [2.45, 2.75) is 57.4 Å². The van der Waals surface area contributed by atoms with Gasteiger partial charge in [0.25, 0.3) is 5.56 Å². The molecule has 162 valence electrons. The van der Waals surface area contributed by atoms with Crippen molar-refractivity contribution in [2.75, 3.05) is 24.4 Å². The quantitative estimate of drug-likeness (QED) is 0.454. The molecule has 7 heteroatoms. The van der Waals surface area contributed by atoms with Gasteiger partial charge in [-0.25, -0.2) is 10.4 Å². The van der Waals surface area contributed by atoms with Crippen LogP contribution in [0.4, 0.5) is 11.6 Å². The predicted octanol–water partition coefficient (Wildman–Crippen LogP) is 4.96. The highest BCUT2D eigenvalue weighted by molar-refractivity contribution is 7.18. The molecule has 0 spiro atoms. The van der Waals surface area contributed by atoms with E-state index < -0.39 is 0 Å². The third kappa shape index (κ3) is 3.87. The molecule has 0 saturated heterocycles. The van der Waals surface area contributed by atoms with Gasteiger partial charge in [-0.1, -0.05) is 31.4 Å². The molecule has 5 rings (SSSR count). The summed E-state index contributed by atoms with van der Waals surface area (Å²) in [5.41, 5.74) is 6.62. The van der Waals surface area contributed by atoms with Crippen LogP contribution in [0.5, 0.6) is 0 Å². The van der Waals surface area contributed by atoms with Crippen molar-refractivity contribution >= 4 is 39.4 Å². The fourth-order valence-electron chi connectivity index (χ4n) is 4.84. The lowest BCUT2D eigenvalue weighted by molar-refractivity contribution is 0.348. The highest BCUT2D eigenvalue weighted by atomic mass is 32.1. The number of benzene rings is 1. The minimum Gasteiger partial charge on any atom is -0.378 e. The van der Waals surface area contributed by atoms with Crippen LogP contribution in [0.25, 0.3) is 10.2 Å². The zero-order valence-electron chi connectivity index (χ0n) is 18.2. The van der Waals surface area contributed by atoms with Crippen molar-refractivity contribution in [3.8, 4) is 0 Å². The Kier molecular flexibility index (Phi) is 5.52. The number of hydrogen-bond acceptors (Lipinski definition) is 6. The van der Waals surface area contributed by atoms with Gasteiger partial charge in [-0.15, -0.1) is 11.3 Å². The Morgan fingerprint density at radius 1 is 1.13 bits per heavy atom. The first-order chi connectivity index (χ1) is 15.1. The minimum absolute atomic E-state index is 0.115. The SMILES string of the molecule is CN(C)c1ccc(/C=N\Nc2nc3sc4c(c3c(=O)n2C2CCCCC2)CCC4)cc1. The minimum atomic E-state index is 0.115. The summed E-state index contributed by atoms with van der Waals surface area (Å²) in [6, 6.07) is 8.41. The zero-order valence-corrected chi connectivity index (χ0v) is 19.0. The van der Waals surface area contributed by atoms with E-state index in [4.69, 9.17) is 4.98 Å². The van der Waals surface area contributed by atoms with Gasteiger partial charge in [-0.2, -0.15) is 5.10 Å². The number of fused-ring (bicyclic) bond motifs is 3. The Labute approximate surface area is 186 Å². The molecular formula is C24H29N5OS. The van der Waals surface area contributed by atoms with Crippen LogP contribution in [0, 0.1) is 0 Å². The maximum Gasteiger partial charge on any atom is 0.264 e. The molecule has 0 bridgehead atoms. The van der Waals surface area contributed by atoms with Crippen molar-refractivity contribution in [1.82, 2.24) is 9.55 Å². The second-order valence-electron chi connectivity index (χ2n) is 8.80. The number of hydrazone groups is 1. The summed E-state index contributed by atoms with van der Waals surface area (Å²) < 4.78 is 1.90. The van der Waals surface area contributed by atoms with Gasteiger partial charge in [0, 0.05) is 30.7 Å². The van der Waals surface area contributed by atoms with Gasteiger partial charge in [-0.05, 0) is 55.4 Å². The number of aromatic nitrogens is 2. The molecule has 1 N–H and O–H groups in total. The fourth-order valence-corrected chi connectivity index (χ4v) is 6.09. The summed E-state index contributed by atoms with van der Waals surface area (Å²) in [4.78, 5) is 22.8. The lowest BCUT2D eigenvalue weighted by Crippen LogP contribution is -2.29. The smallest absolute Gasteiger partial charge is 0.264 e. The Morgan fingerprint density at radius 3 is 2.65 bits per heavy atom. The molecule has 0 amide bonds. The van der Waals surface area contributed by atoms with Gasteiger partial charge < -0.3 is 4.90 Å². The summed E-state index contributed by atoms with van der Waals surface area (Å²) in [6.07, 6.45) is 10.7. The van der Waals surface area contributed by atoms with Crippen LogP contribution in [0.2, 0.25) is 0 Å². The highest BCUT2D eigenvalue weighted by Crippen LogP contribution is 2.37. The highest BCUT2D eigenvalue weighted by Gasteiger charge is 2.26. The largest absolute Gasteiger partial charge is 0.378 e. The van der Waals surface area contributed by atoms with E-state index in [9.17, 15) is 4.79 Å². The van der Waals surface area contributed by atoms with Crippen molar-refractivity contribution in [2.24, 2.45) is 5.10 Å². The molecule has 3 aromatic rings. The molecule has 2 aromatic heterocycles. The molecule has 2 aliphatic carbocycles. The van der Waals surface area contributed by atoms with Gasteiger partial charge in [0.1, 0.15) is 4.83 Å². The Morgan fingerprint density at radius 2 is 1.90 bits per heavy atom. The van der Waals surface area contributed by atoms with Crippen molar-refractivity contribution < 1.29 is 0 Å². The first kappa shape index (κ1) is 20.2. The third-order valence-corrected chi connectivity index (χ3v) is 7.68. The fraction of sp³-hybridized carbons (Fsp3) is 0.458. The van der Waals surface area contributed by atoms with Crippen molar-refractivity contribution in [3.63, 3.8) is 0 Å². The van der Waals surface area contributed by atoms with E-state index in [1.165, 1.54) is 16.9 Å². The average molecular weight is 436 g/mol. The molecule has 1 fully saturated rings.